The number of anilines is 2. The Labute approximate surface area is 179 Å². The molecule has 154 valence electrons. The molecule has 2 aromatic carbocycles. The van der Waals surface area contributed by atoms with E-state index in [0.717, 1.165) is 5.56 Å². The fraction of sp³-hybridized carbons (Fsp3) is 0.217. The average Bonchev–Trinajstić information content (AvgIpc) is 3.21. The molecule has 31 heavy (non-hydrogen) atoms. The molecular formula is C23H19FN6O. The van der Waals surface area contributed by atoms with Crippen molar-refractivity contribution in [2.75, 3.05) is 12.0 Å². The molecule has 0 bridgehead atoms. The van der Waals surface area contributed by atoms with Gasteiger partial charge in [0.2, 0.25) is 5.95 Å². The Balaban J connectivity index is 1.94. The van der Waals surface area contributed by atoms with Crippen LogP contribution in [0.15, 0.2) is 59.8 Å². The number of ether oxygens (including phenoxy) is 1. The minimum atomic E-state index is -0.592. The molecule has 0 N–H and O–H groups in total. The summed E-state index contributed by atoms with van der Waals surface area (Å²) in [6.45, 7) is 1.45. The van der Waals surface area contributed by atoms with Crippen molar-refractivity contribution < 1.29 is 9.13 Å². The molecule has 0 radical (unpaired) electrons. The lowest BCUT2D eigenvalue weighted by molar-refractivity contribution is 0.177. The van der Waals surface area contributed by atoms with Crippen LogP contribution in [0.4, 0.5) is 16.0 Å². The third kappa shape index (κ3) is 3.54. The number of aromatic nitrogens is 3. The van der Waals surface area contributed by atoms with Crippen LogP contribution < -0.4 is 4.90 Å². The quantitative estimate of drug-likeness (QED) is 0.618. The molecule has 8 heteroatoms. The molecule has 7 nitrogen and oxygen atoms in total. The van der Waals surface area contributed by atoms with Crippen LogP contribution in [0.2, 0.25) is 0 Å². The van der Waals surface area contributed by atoms with E-state index in [-0.39, 0.29) is 6.61 Å². The van der Waals surface area contributed by atoms with Gasteiger partial charge in [0.1, 0.15) is 19.3 Å². The van der Waals surface area contributed by atoms with Crippen LogP contribution in [-0.4, -0.2) is 21.9 Å². The lowest BCUT2D eigenvalue weighted by Crippen LogP contribution is -2.30. The van der Waals surface area contributed by atoms with Crippen molar-refractivity contribution >= 4 is 11.6 Å². The fourth-order valence-electron chi connectivity index (χ4n) is 3.74. The van der Waals surface area contributed by atoms with Gasteiger partial charge in [-0.3, -0.25) is 4.90 Å². The molecule has 1 atom stereocenters. The normalized spacial score (nSPS) is 15.4. The molecule has 1 aromatic heterocycles. The van der Waals surface area contributed by atoms with E-state index in [2.05, 4.69) is 22.2 Å². The van der Waals surface area contributed by atoms with Gasteiger partial charge in [0.25, 0.3) is 0 Å². The highest BCUT2D eigenvalue weighted by Crippen LogP contribution is 2.42. The van der Waals surface area contributed by atoms with Gasteiger partial charge in [0.05, 0.1) is 23.3 Å². The maximum atomic E-state index is 13.3. The van der Waals surface area contributed by atoms with Crippen LogP contribution >= 0.6 is 0 Å². The van der Waals surface area contributed by atoms with Crippen LogP contribution in [0.5, 0.6) is 0 Å². The molecule has 1 aliphatic heterocycles. The summed E-state index contributed by atoms with van der Waals surface area (Å²) in [5, 5.41) is 23.8. The molecule has 0 fully saturated rings. The summed E-state index contributed by atoms with van der Waals surface area (Å²) in [5.41, 5.74) is 3.72. The zero-order valence-corrected chi connectivity index (χ0v) is 17.1. The Bertz CT molecular complexity index is 1230. The van der Waals surface area contributed by atoms with Crippen LogP contribution in [-0.2, 0) is 18.0 Å². The molecule has 0 aliphatic carbocycles. The van der Waals surface area contributed by atoms with E-state index in [4.69, 9.17) is 10.00 Å². The highest BCUT2D eigenvalue weighted by atomic mass is 19.1. The Morgan fingerprint density at radius 1 is 1.13 bits per heavy atom. The van der Waals surface area contributed by atoms with Crippen LogP contribution in [0, 0.1) is 22.7 Å². The van der Waals surface area contributed by atoms with E-state index >= 15 is 0 Å². The van der Waals surface area contributed by atoms with Crippen molar-refractivity contribution in [1.29, 1.82) is 10.5 Å². The van der Waals surface area contributed by atoms with E-state index in [1.54, 1.807) is 42.1 Å². The maximum absolute atomic E-state index is 13.3. The standard InChI is InChI=1S/C23H19FN6O/c1-15-20(13-26)22(18-8-6-16(12-25)7-9-18)30-23(27-21(28-30)14-31-2)29(15)19-5-3-4-17(10-19)11-24/h3-10,22H,11,14H2,1-2H3. The number of hydrogen-bond donors (Lipinski definition) is 0. The van der Waals surface area contributed by atoms with E-state index in [1.807, 2.05) is 30.0 Å². The maximum Gasteiger partial charge on any atom is 0.234 e. The van der Waals surface area contributed by atoms with Crippen molar-refractivity contribution in [3.63, 3.8) is 0 Å². The summed E-state index contributed by atoms with van der Waals surface area (Å²) >= 11 is 0. The minimum absolute atomic E-state index is 0.208. The average molecular weight is 414 g/mol. The predicted octanol–water partition coefficient (Wildman–Crippen LogP) is 4.30. The SMILES string of the molecule is COCc1nc2n(n1)C(c1ccc(C#N)cc1)C(C#N)=C(C)N2c1cccc(CF)c1. The Hall–Kier alpha value is -4.01. The van der Waals surface area contributed by atoms with Gasteiger partial charge in [0, 0.05) is 18.5 Å². The molecule has 1 aliphatic rings. The lowest BCUT2D eigenvalue weighted by atomic mass is 9.95. The first-order chi connectivity index (χ1) is 15.1. The van der Waals surface area contributed by atoms with Crippen molar-refractivity contribution in [2.45, 2.75) is 26.2 Å². The molecule has 1 unspecified atom stereocenters. The van der Waals surface area contributed by atoms with Crippen LogP contribution in [0.1, 0.15) is 35.5 Å². The Morgan fingerprint density at radius 3 is 2.55 bits per heavy atom. The summed E-state index contributed by atoms with van der Waals surface area (Å²) in [5.74, 6) is 0.976. The number of nitrogens with zero attached hydrogens (tertiary/aromatic N) is 6. The van der Waals surface area contributed by atoms with Crippen molar-refractivity contribution in [3.8, 4) is 12.1 Å². The molecular weight excluding hydrogens is 395 g/mol. The van der Waals surface area contributed by atoms with Gasteiger partial charge in [-0.15, -0.1) is 0 Å². The van der Waals surface area contributed by atoms with Gasteiger partial charge in [-0.25, -0.2) is 9.07 Å². The highest BCUT2D eigenvalue weighted by Gasteiger charge is 2.35. The first-order valence-electron chi connectivity index (χ1n) is 9.61. The summed E-state index contributed by atoms with van der Waals surface area (Å²) in [6.07, 6.45) is 0. The van der Waals surface area contributed by atoms with Gasteiger partial charge >= 0.3 is 0 Å². The molecule has 3 aromatic rings. The van der Waals surface area contributed by atoms with E-state index < -0.39 is 12.7 Å². The fourth-order valence-corrected chi connectivity index (χ4v) is 3.74. The second-order valence-corrected chi connectivity index (χ2v) is 7.09. The molecule has 0 spiro atoms. The van der Waals surface area contributed by atoms with E-state index in [1.165, 1.54) is 0 Å². The molecule has 0 saturated heterocycles. The summed E-state index contributed by atoms with van der Waals surface area (Å²) in [6, 6.07) is 18.0. The Morgan fingerprint density at radius 2 is 1.90 bits per heavy atom. The predicted molar refractivity (Wildman–Crippen MR) is 112 cm³/mol. The van der Waals surface area contributed by atoms with Crippen LogP contribution in [0.3, 0.4) is 0 Å². The van der Waals surface area contributed by atoms with Gasteiger partial charge in [-0.2, -0.15) is 20.6 Å². The monoisotopic (exact) mass is 414 g/mol. The van der Waals surface area contributed by atoms with Crippen molar-refractivity contribution in [1.82, 2.24) is 14.8 Å². The number of benzene rings is 2. The summed E-state index contributed by atoms with van der Waals surface area (Å²) in [7, 11) is 1.56. The zero-order chi connectivity index (χ0) is 22.0. The minimum Gasteiger partial charge on any atom is -0.377 e. The Kier molecular flexibility index (Phi) is 5.48. The van der Waals surface area contributed by atoms with Crippen molar-refractivity contribution in [3.05, 3.63) is 82.3 Å². The number of fused-ring (bicyclic) bond motifs is 1. The van der Waals surface area contributed by atoms with Crippen LogP contribution in [0.25, 0.3) is 0 Å². The molecule has 2 heterocycles. The third-order valence-electron chi connectivity index (χ3n) is 5.17. The largest absolute Gasteiger partial charge is 0.377 e. The summed E-state index contributed by atoms with van der Waals surface area (Å²) < 4.78 is 20.2. The first kappa shape index (κ1) is 20.3. The van der Waals surface area contributed by atoms with Gasteiger partial charge in [-0.05, 0) is 42.3 Å². The number of nitriles is 2. The molecule has 0 amide bonds. The smallest absolute Gasteiger partial charge is 0.234 e. The first-order valence-corrected chi connectivity index (χ1v) is 9.61. The molecule has 4 rings (SSSR count). The van der Waals surface area contributed by atoms with Crippen molar-refractivity contribution in [2.24, 2.45) is 0 Å². The third-order valence-corrected chi connectivity index (χ3v) is 5.17. The number of rotatable bonds is 5. The highest BCUT2D eigenvalue weighted by molar-refractivity contribution is 5.68. The lowest BCUT2D eigenvalue weighted by Gasteiger charge is -2.34. The number of alkyl halides is 1. The van der Waals surface area contributed by atoms with E-state index in [0.29, 0.717) is 39.9 Å². The van der Waals surface area contributed by atoms with Gasteiger partial charge in [0.15, 0.2) is 5.82 Å². The number of methoxy groups -OCH3 is 1. The second kappa shape index (κ2) is 8.39. The number of hydrogen-bond acceptors (Lipinski definition) is 6. The number of halogens is 1. The number of allylic oxidation sites excluding steroid dienone is 2. The molecule has 0 saturated carbocycles. The topological polar surface area (TPSA) is 90.8 Å². The van der Waals surface area contributed by atoms with E-state index in [9.17, 15) is 9.65 Å². The van der Waals surface area contributed by atoms with Gasteiger partial charge in [-0.1, -0.05) is 24.3 Å². The second-order valence-electron chi connectivity index (χ2n) is 7.09. The summed E-state index contributed by atoms with van der Waals surface area (Å²) in [4.78, 5) is 6.46. The zero-order valence-electron chi connectivity index (χ0n) is 17.1. The van der Waals surface area contributed by atoms with Gasteiger partial charge < -0.3 is 4.74 Å².